The Morgan fingerprint density at radius 2 is 1.89 bits per heavy atom. The molecule has 1 aromatic heterocycles. The van der Waals surface area contributed by atoms with Gasteiger partial charge in [0.05, 0.1) is 19.0 Å². The van der Waals surface area contributed by atoms with Gasteiger partial charge < -0.3 is 20.3 Å². The van der Waals surface area contributed by atoms with Gasteiger partial charge in [0.2, 0.25) is 15.9 Å². The number of fused-ring (bicyclic) bond motifs is 1. The third-order valence-corrected chi connectivity index (χ3v) is 7.69. The normalized spacial score (nSPS) is 17.8. The maximum Gasteiger partial charge on any atom is 0.314 e. The number of carbonyl (C=O) groups is 2. The topological polar surface area (TPSA) is 108 Å². The first-order valence-electron chi connectivity index (χ1n) is 9.36. The van der Waals surface area contributed by atoms with E-state index in [1.165, 1.54) is 14.7 Å². The first-order valence-corrected chi connectivity index (χ1v) is 11.8. The molecule has 9 nitrogen and oxygen atoms in total. The standard InChI is InChI=1S/C17H26N4O5S2/c22-16(20-6-2-15-14(13-20)3-11-27-15)1-4-18-17(23)19-5-12-28(24,25)21-7-9-26-10-8-21/h3,11H,1-2,4-10,12-13H2,(H2,18,19,23). The molecule has 0 unspecified atom stereocenters. The summed E-state index contributed by atoms with van der Waals surface area (Å²) in [5.74, 6) is -0.150. The Labute approximate surface area is 169 Å². The average Bonchev–Trinajstić information content (AvgIpc) is 3.16. The minimum atomic E-state index is -3.40. The number of carbonyl (C=O) groups excluding carboxylic acids is 2. The van der Waals surface area contributed by atoms with Gasteiger partial charge >= 0.3 is 6.03 Å². The smallest absolute Gasteiger partial charge is 0.314 e. The van der Waals surface area contributed by atoms with Crippen LogP contribution in [0.5, 0.6) is 0 Å². The third kappa shape index (κ3) is 5.66. The lowest BCUT2D eigenvalue weighted by atomic mass is 10.1. The number of urea groups is 1. The summed E-state index contributed by atoms with van der Waals surface area (Å²) in [7, 11) is -3.40. The molecule has 0 aliphatic carbocycles. The molecule has 1 aromatic rings. The molecule has 0 spiro atoms. The molecule has 0 atom stereocenters. The summed E-state index contributed by atoms with van der Waals surface area (Å²) in [5.41, 5.74) is 1.21. The molecule has 0 saturated carbocycles. The summed E-state index contributed by atoms with van der Waals surface area (Å²) in [5, 5.41) is 7.18. The van der Waals surface area contributed by atoms with Crippen LogP contribution in [0.2, 0.25) is 0 Å². The Morgan fingerprint density at radius 3 is 2.68 bits per heavy atom. The molecular formula is C17H26N4O5S2. The van der Waals surface area contributed by atoms with Gasteiger partial charge in [0.1, 0.15) is 0 Å². The molecule has 0 bridgehead atoms. The van der Waals surface area contributed by atoms with Gasteiger partial charge in [-0.25, -0.2) is 13.2 Å². The van der Waals surface area contributed by atoms with Crippen molar-refractivity contribution < 1.29 is 22.7 Å². The molecule has 0 radical (unpaired) electrons. The zero-order valence-corrected chi connectivity index (χ0v) is 17.3. The number of hydrogen-bond acceptors (Lipinski definition) is 6. The Bertz CT molecular complexity index is 789. The second kappa shape index (κ2) is 9.68. The van der Waals surface area contributed by atoms with E-state index in [9.17, 15) is 18.0 Å². The van der Waals surface area contributed by atoms with Crippen LogP contribution >= 0.6 is 11.3 Å². The summed E-state index contributed by atoms with van der Waals surface area (Å²) in [4.78, 5) is 27.3. The van der Waals surface area contributed by atoms with Gasteiger partial charge in [0.25, 0.3) is 0 Å². The van der Waals surface area contributed by atoms with E-state index in [1.54, 1.807) is 11.3 Å². The molecule has 11 heteroatoms. The maximum absolute atomic E-state index is 12.3. The predicted octanol–water partition coefficient (Wildman–Crippen LogP) is -0.0159. The van der Waals surface area contributed by atoms with E-state index in [0.717, 1.165) is 6.42 Å². The quantitative estimate of drug-likeness (QED) is 0.632. The van der Waals surface area contributed by atoms with E-state index in [2.05, 4.69) is 16.7 Å². The van der Waals surface area contributed by atoms with Gasteiger partial charge in [0, 0.05) is 50.6 Å². The number of ether oxygens (including phenoxy) is 1. The molecular weight excluding hydrogens is 404 g/mol. The van der Waals surface area contributed by atoms with Gasteiger partial charge in [-0.15, -0.1) is 11.3 Å². The molecule has 2 N–H and O–H groups in total. The zero-order valence-electron chi connectivity index (χ0n) is 15.7. The Hall–Kier alpha value is -1.69. The van der Waals surface area contributed by atoms with Crippen molar-refractivity contribution in [3.05, 3.63) is 21.9 Å². The molecule has 3 amide bonds. The summed E-state index contributed by atoms with van der Waals surface area (Å²) in [6.07, 6.45) is 1.10. The SMILES string of the molecule is O=C(NCCC(=O)N1CCc2sccc2C1)NCCS(=O)(=O)N1CCOCC1. The van der Waals surface area contributed by atoms with Crippen molar-refractivity contribution in [3.8, 4) is 0 Å². The van der Waals surface area contributed by atoms with Gasteiger partial charge in [-0.3, -0.25) is 4.79 Å². The molecule has 1 fully saturated rings. The summed E-state index contributed by atoms with van der Waals surface area (Å²) in [6, 6.07) is 1.58. The van der Waals surface area contributed by atoms with Crippen LogP contribution in [0.1, 0.15) is 16.9 Å². The first-order chi connectivity index (χ1) is 13.5. The van der Waals surface area contributed by atoms with Crippen molar-refractivity contribution in [2.24, 2.45) is 0 Å². The van der Waals surface area contributed by atoms with E-state index >= 15 is 0 Å². The van der Waals surface area contributed by atoms with E-state index in [-0.39, 0.29) is 31.2 Å². The fourth-order valence-electron chi connectivity index (χ4n) is 3.21. The Morgan fingerprint density at radius 1 is 1.14 bits per heavy atom. The monoisotopic (exact) mass is 430 g/mol. The lowest BCUT2D eigenvalue weighted by molar-refractivity contribution is -0.131. The fraction of sp³-hybridized carbons (Fsp3) is 0.647. The zero-order chi connectivity index (χ0) is 20.0. The number of nitrogens with one attached hydrogen (secondary N) is 2. The lowest BCUT2D eigenvalue weighted by Gasteiger charge is -2.27. The number of morpholine rings is 1. The summed E-state index contributed by atoms with van der Waals surface area (Å²) >= 11 is 1.72. The third-order valence-electron chi connectivity index (χ3n) is 4.79. The number of amides is 3. The predicted molar refractivity (Wildman–Crippen MR) is 106 cm³/mol. The van der Waals surface area contributed by atoms with Crippen LogP contribution in [-0.2, 0) is 32.5 Å². The van der Waals surface area contributed by atoms with Crippen LogP contribution in [0.15, 0.2) is 11.4 Å². The van der Waals surface area contributed by atoms with Gasteiger partial charge in [-0.1, -0.05) is 0 Å². The van der Waals surface area contributed by atoms with E-state index in [4.69, 9.17) is 4.74 Å². The molecule has 3 rings (SSSR count). The summed E-state index contributed by atoms with van der Waals surface area (Å²) < 4.78 is 30.8. The molecule has 156 valence electrons. The largest absolute Gasteiger partial charge is 0.379 e. The van der Waals surface area contributed by atoms with Crippen LogP contribution in [0, 0.1) is 0 Å². The number of hydrogen-bond donors (Lipinski definition) is 2. The van der Waals surface area contributed by atoms with Crippen molar-refractivity contribution >= 4 is 33.3 Å². The minimum Gasteiger partial charge on any atom is -0.379 e. The molecule has 3 heterocycles. The summed E-state index contributed by atoms with van der Waals surface area (Å²) in [6.45, 7) is 3.06. The lowest BCUT2D eigenvalue weighted by Crippen LogP contribution is -2.45. The Balaban J connectivity index is 1.31. The van der Waals surface area contributed by atoms with Crippen LogP contribution < -0.4 is 10.6 Å². The van der Waals surface area contributed by atoms with E-state index in [0.29, 0.717) is 39.4 Å². The Kier molecular flexibility index (Phi) is 7.27. The van der Waals surface area contributed by atoms with Crippen molar-refractivity contribution in [3.63, 3.8) is 0 Å². The van der Waals surface area contributed by atoms with Crippen molar-refractivity contribution in [1.29, 1.82) is 0 Å². The fourth-order valence-corrected chi connectivity index (χ4v) is 5.43. The highest BCUT2D eigenvalue weighted by Gasteiger charge is 2.24. The molecule has 2 aliphatic heterocycles. The molecule has 1 saturated heterocycles. The second-order valence-electron chi connectivity index (χ2n) is 6.69. The van der Waals surface area contributed by atoms with Crippen molar-refractivity contribution in [2.75, 3.05) is 51.7 Å². The van der Waals surface area contributed by atoms with Crippen LogP contribution in [0.3, 0.4) is 0 Å². The van der Waals surface area contributed by atoms with Crippen molar-refractivity contribution in [1.82, 2.24) is 19.8 Å². The van der Waals surface area contributed by atoms with Gasteiger partial charge in [0.15, 0.2) is 0 Å². The molecule has 2 aliphatic rings. The van der Waals surface area contributed by atoms with Crippen LogP contribution in [0.25, 0.3) is 0 Å². The first kappa shape index (κ1) is 21.0. The van der Waals surface area contributed by atoms with Gasteiger partial charge in [-0.05, 0) is 23.4 Å². The number of sulfonamides is 1. The highest BCUT2D eigenvalue weighted by molar-refractivity contribution is 7.89. The highest BCUT2D eigenvalue weighted by Crippen LogP contribution is 2.24. The molecule has 0 aromatic carbocycles. The molecule has 28 heavy (non-hydrogen) atoms. The van der Waals surface area contributed by atoms with Crippen LogP contribution in [-0.4, -0.2) is 81.3 Å². The second-order valence-corrected chi connectivity index (χ2v) is 9.78. The maximum atomic E-state index is 12.3. The van der Waals surface area contributed by atoms with Crippen molar-refractivity contribution in [2.45, 2.75) is 19.4 Å². The highest BCUT2D eigenvalue weighted by atomic mass is 32.2. The average molecular weight is 431 g/mol. The number of rotatable bonds is 7. The van der Waals surface area contributed by atoms with E-state index in [1.807, 2.05) is 10.3 Å². The number of thiophene rings is 1. The minimum absolute atomic E-state index is 0.00652. The van der Waals surface area contributed by atoms with E-state index < -0.39 is 16.1 Å². The van der Waals surface area contributed by atoms with Crippen LogP contribution in [0.4, 0.5) is 4.79 Å². The van der Waals surface area contributed by atoms with Gasteiger partial charge in [-0.2, -0.15) is 4.31 Å². The number of nitrogens with zero attached hydrogens (tertiary/aromatic N) is 2.